The minimum absolute atomic E-state index is 0.0328. The Morgan fingerprint density at radius 2 is 1.52 bits per heavy atom. The van der Waals surface area contributed by atoms with E-state index in [-0.39, 0.29) is 52.8 Å². The van der Waals surface area contributed by atoms with Crippen molar-refractivity contribution in [2.75, 3.05) is 85.6 Å². The highest BCUT2D eigenvalue weighted by atomic mass is 35.5. The molecule has 2 aromatic carbocycles. The van der Waals surface area contributed by atoms with Gasteiger partial charge in [0.2, 0.25) is 12.2 Å². The van der Waals surface area contributed by atoms with Crippen molar-refractivity contribution >= 4 is 35.3 Å². The molecule has 0 aliphatic carbocycles. The molecule has 56 heavy (non-hydrogen) atoms. The zero-order chi connectivity index (χ0) is 41.1. The van der Waals surface area contributed by atoms with E-state index in [9.17, 15) is 19.6 Å². The number of methoxy groups -OCH3 is 2. The van der Waals surface area contributed by atoms with Crippen molar-refractivity contribution in [3.63, 3.8) is 0 Å². The van der Waals surface area contributed by atoms with Gasteiger partial charge in [-0.3, -0.25) is 4.79 Å². The predicted molar refractivity (Wildman–Crippen MR) is 202 cm³/mol. The summed E-state index contributed by atoms with van der Waals surface area (Å²) in [5.41, 5.74) is 0.197. The van der Waals surface area contributed by atoms with Crippen molar-refractivity contribution in [3.05, 3.63) is 58.4 Å². The minimum Gasteiger partial charge on any atom is -0.495 e. The fraction of sp³-hybridized carbons (Fsp3) is 0.590. The van der Waals surface area contributed by atoms with Crippen LogP contribution in [-0.4, -0.2) is 117 Å². The number of ether oxygens (including phenoxy) is 9. The largest absolute Gasteiger partial charge is 0.511 e. The number of benzene rings is 2. The maximum atomic E-state index is 15.4. The fourth-order valence-corrected chi connectivity index (χ4v) is 6.12. The normalized spacial score (nSPS) is 18.5. The molecule has 5 atom stereocenters. The minimum atomic E-state index is -1.31. The van der Waals surface area contributed by atoms with Crippen LogP contribution >= 0.6 is 11.6 Å². The summed E-state index contributed by atoms with van der Waals surface area (Å²) >= 11 is 6.11. The van der Waals surface area contributed by atoms with Gasteiger partial charge in [0.25, 0.3) is 0 Å². The Morgan fingerprint density at radius 3 is 2.09 bits per heavy atom. The van der Waals surface area contributed by atoms with E-state index in [0.29, 0.717) is 52.7 Å². The van der Waals surface area contributed by atoms with Gasteiger partial charge in [-0.1, -0.05) is 44.5 Å². The highest BCUT2D eigenvalue weighted by Gasteiger charge is 2.49. The second-order valence-corrected chi connectivity index (χ2v) is 14.3. The van der Waals surface area contributed by atoms with Gasteiger partial charge in [-0.05, 0) is 41.7 Å². The number of anilines is 1. The molecule has 1 fully saturated rings. The summed E-state index contributed by atoms with van der Waals surface area (Å²) in [5.74, 6) is -3.56. The molecule has 0 bridgehead atoms. The summed E-state index contributed by atoms with van der Waals surface area (Å²) in [6.45, 7) is 10.8. The Hall–Kier alpha value is -4.08. The lowest BCUT2D eigenvalue weighted by Crippen LogP contribution is -2.42. The van der Waals surface area contributed by atoms with E-state index in [1.54, 1.807) is 13.2 Å². The highest BCUT2D eigenvalue weighted by Crippen LogP contribution is 2.42. The average Bonchev–Trinajstić information content (AvgIpc) is 3.50. The molecule has 2 N–H and O–H groups in total. The van der Waals surface area contributed by atoms with Crippen molar-refractivity contribution in [1.29, 1.82) is 5.26 Å². The number of nitrogens with one attached hydrogen (secondary N) is 2. The molecule has 1 aliphatic rings. The molecule has 0 spiro atoms. The highest BCUT2D eigenvalue weighted by molar-refractivity contribution is 6.30. The van der Waals surface area contributed by atoms with Gasteiger partial charge >= 0.3 is 12.1 Å². The molecule has 2 aromatic rings. The van der Waals surface area contributed by atoms with E-state index >= 15 is 4.39 Å². The van der Waals surface area contributed by atoms with Crippen molar-refractivity contribution in [1.82, 2.24) is 5.32 Å². The Labute approximate surface area is 332 Å². The van der Waals surface area contributed by atoms with E-state index in [1.165, 1.54) is 44.4 Å². The molecule has 1 aliphatic heterocycles. The lowest BCUT2D eigenvalue weighted by Gasteiger charge is -2.25. The van der Waals surface area contributed by atoms with Gasteiger partial charge in [-0.2, -0.15) is 5.26 Å². The molecule has 0 radical (unpaired) electrons. The standard InChI is InChI=1S/C39H53ClFN3O12/c1-25(56-38(47)54-21-20-53-19-18-52-17-16-51-15-14-50-13-12-48-5)55-37(46)26-10-11-30(32(22-26)49-6)44-36(45)35-33(27-8-7-9-29(40)34(27)41)28(24-42)31(43-35)23-39(2,3)4/h7-11,22,25,28,31,33,35,43H,12-21,23H2,1-6H3,(H,44,45)/t25?,28?,31?,33?,35-/m1/s1. The zero-order valence-electron chi connectivity index (χ0n) is 32.7. The van der Waals surface area contributed by atoms with E-state index in [4.69, 9.17) is 54.2 Å². The summed E-state index contributed by atoms with van der Waals surface area (Å²) in [6.07, 6.45) is -1.83. The number of nitrogens with zero attached hydrogens (tertiary/aromatic N) is 1. The molecule has 4 unspecified atom stereocenters. The Morgan fingerprint density at radius 1 is 0.911 bits per heavy atom. The van der Waals surface area contributed by atoms with Crippen LogP contribution < -0.4 is 15.4 Å². The lowest BCUT2D eigenvalue weighted by atomic mass is 9.77. The summed E-state index contributed by atoms with van der Waals surface area (Å²) in [4.78, 5) is 38.8. The maximum absolute atomic E-state index is 15.4. The first kappa shape index (κ1) is 46.3. The number of hydrogen-bond acceptors (Lipinski definition) is 14. The number of nitriles is 1. The first-order valence-electron chi connectivity index (χ1n) is 18.2. The summed E-state index contributed by atoms with van der Waals surface area (Å²) in [6, 6.07) is 9.55. The molecule has 0 aromatic heterocycles. The number of hydrogen-bond donors (Lipinski definition) is 2. The lowest BCUT2D eigenvalue weighted by molar-refractivity contribution is -0.118. The van der Waals surface area contributed by atoms with Crippen LogP contribution in [0.4, 0.5) is 14.9 Å². The third-order valence-electron chi connectivity index (χ3n) is 8.40. The van der Waals surface area contributed by atoms with Gasteiger partial charge in [-0.25, -0.2) is 14.0 Å². The molecule has 3 rings (SSSR count). The van der Waals surface area contributed by atoms with Gasteiger partial charge in [-0.15, -0.1) is 0 Å². The second-order valence-electron chi connectivity index (χ2n) is 13.9. The van der Waals surface area contributed by atoms with E-state index in [0.717, 1.165) is 0 Å². The Bertz CT molecular complexity index is 1600. The molecule has 0 saturated carbocycles. The number of amides is 1. The van der Waals surface area contributed by atoms with Crippen LogP contribution in [-0.2, 0) is 42.7 Å². The van der Waals surface area contributed by atoms with Crippen molar-refractivity contribution in [2.45, 2.75) is 58.4 Å². The second kappa shape index (κ2) is 23.9. The van der Waals surface area contributed by atoms with Crippen molar-refractivity contribution in [2.24, 2.45) is 11.3 Å². The third-order valence-corrected chi connectivity index (χ3v) is 8.70. The molecule has 17 heteroatoms. The summed E-state index contributed by atoms with van der Waals surface area (Å²) in [5, 5.41) is 16.2. The molecule has 1 heterocycles. The van der Waals surface area contributed by atoms with Crippen LogP contribution in [0, 0.1) is 28.5 Å². The number of carbonyl (C=O) groups is 3. The summed E-state index contributed by atoms with van der Waals surface area (Å²) in [7, 11) is 2.96. The van der Waals surface area contributed by atoms with Gasteiger partial charge in [0, 0.05) is 26.0 Å². The molecular weight excluding hydrogens is 757 g/mol. The van der Waals surface area contributed by atoms with Crippen LogP contribution in [0.15, 0.2) is 36.4 Å². The van der Waals surface area contributed by atoms with Gasteiger partial charge < -0.3 is 53.3 Å². The Kier molecular flexibility index (Phi) is 19.7. The number of rotatable bonds is 23. The smallest absolute Gasteiger partial charge is 0.495 e. The average molecular weight is 810 g/mol. The number of carbonyl (C=O) groups excluding carboxylic acids is 3. The van der Waals surface area contributed by atoms with Crippen molar-refractivity contribution in [3.8, 4) is 11.8 Å². The topological polar surface area (TPSA) is 182 Å². The van der Waals surface area contributed by atoms with Gasteiger partial charge in [0.05, 0.1) is 101 Å². The first-order valence-corrected chi connectivity index (χ1v) is 18.6. The van der Waals surface area contributed by atoms with E-state index < -0.39 is 54.1 Å². The van der Waals surface area contributed by atoms with Crippen LogP contribution in [0.1, 0.15) is 56.0 Å². The molecule has 1 amide bonds. The molecule has 1 saturated heterocycles. The first-order chi connectivity index (χ1) is 26.8. The zero-order valence-corrected chi connectivity index (χ0v) is 33.5. The van der Waals surface area contributed by atoms with Crippen LogP contribution in [0.2, 0.25) is 5.02 Å². The fourth-order valence-electron chi connectivity index (χ4n) is 5.93. The van der Waals surface area contributed by atoms with E-state index in [1.807, 2.05) is 20.8 Å². The van der Waals surface area contributed by atoms with Crippen molar-refractivity contribution < 1.29 is 61.4 Å². The van der Waals surface area contributed by atoms with E-state index in [2.05, 4.69) is 16.7 Å². The molecule has 310 valence electrons. The maximum Gasteiger partial charge on any atom is 0.511 e. The van der Waals surface area contributed by atoms with Gasteiger partial charge in [0.1, 0.15) is 18.2 Å². The quantitative estimate of drug-likeness (QED) is 0.0816. The predicted octanol–water partition coefficient (Wildman–Crippen LogP) is 5.50. The van der Waals surface area contributed by atoms with Crippen LogP contribution in [0.5, 0.6) is 5.75 Å². The molecule has 15 nitrogen and oxygen atoms in total. The van der Waals surface area contributed by atoms with Crippen LogP contribution in [0.3, 0.4) is 0 Å². The SMILES string of the molecule is COCCOCCOCCOCCOCCOC(=O)OC(C)OC(=O)c1ccc(NC(=O)[C@@H]2NC(CC(C)(C)C)C(C#N)C2c2cccc(Cl)c2F)c(OC)c1. The number of halogens is 2. The number of esters is 1. The summed E-state index contributed by atoms with van der Waals surface area (Å²) < 4.78 is 62.3. The van der Waals surface area contributed by atoms with Crippen LogP contribution in [0.25, 0.3) is 0 Å². The Balaban J connectivity index is 1.47. The monoisotopic (exact) mass is 809 g/mol. The third kappa shape index (κ3) is 15.1. The van der Waals surface area contributed by atoms with Gasteiger partial charge in [0.15, 0.2) is 0 Å². The molecular formula is C39H53ClFN3O12.